The highest BCUT2D eigenvalue weighted by molar-refractivity contribution is 5.88. The van der Waals surface area contributed by atoms with Gasteiger partial charge < -0.3 is 15.0 Å². The number of benzene rings is 2. The molecule has 1 saturated heterocycles. The lowest BCUT2D eigenvalue weighted by Crippen LogP contribution is -2.62. The van der Waals surface area contributed by atoms with Crippen LogP contribution in [0.2, 0.25) is 0 Å². The van der Waals surface area contributed by atoms with Gasteiger partial charge in [0.05, 0.1) is 13.2 Å². The monoisotopic (exact) mass is 426 g/mol. The lowest BCUT2D eigenvalue weighted by molar-refractivity contribution is -0.166. The third kappa shape index (κ3) is 5.50. The van der Waals surface area contributed by atoms with Gasteiger partial charge >= 0.3 is 0 Å². The van der Waals surface area contributed by atoms with E-state index in [2.05, 4.69) is 5.32 Å². The zero-order valence-electron chi connectivity index (χ0n) is 18.5. The van der Waals surface area contributed by atoms with Gasteiger partial charge in [-0.1, -0.05) is 43.3 Å². The zero-order valence-corrected chi connectivity index (χ0v) is 18.5. The maximum Gasteiger partial charge on any atom is 0.254 e. The van der Waals surface area contributed by atoms with Gasteiger partial charge in [0.15, 0.2) is 5.60 Å². The number of rotatable bonds is 7. The first-order chi connectivity index (χ1) is 14.8. The van der Waals surface area contributed by atoms with E-state index in [1.807, 2.05) is 45.0 Å². The summed E-state index contributed by atoms with van der Waals surface area (Å²) in [5, 5.41) is 2.98. The Hall–Kier alpha value is -2.73. The van der Waals surface area contributed by atoms with E-state index in [1.54, 1.807) is 17.0 Å². The fourth-order valence-electron chi connectivity index (χ4n) is 3.98. The van der Waals surface area contributed by atoms with Crippen molar-refractivity contribution in [1.82, 2.24) is 10.2 Å². The van der Waals surface area contributed by atoms with Crippen LogP contribution in [0.25, 0.3) is 11.1 Å². The first kappa shape index (κ1) is 22.9. The largest absolute Gasteiger partial charge is 0.361 e. The van der Waals surface area contributed by atoms with Gasteiger partial charge in [-0.2, -0.15) is 0 Å². The molecule has 2 amide bonds. The third-order valence-electron chi connectivity index (χ3n) is 5.48. The molecule has 0 aromatic heterocycles. The van der Waals surface area contributed by atoms with E-state index in [4.69, 9.17) is 4.74 Å². The van der Waals surface area contributed by atoms with Crippen molar-refractivity contribution in [2.45, 2.75) is 51.7 Å². The van der Waals surface area contributed by atoms with Crippen LogP contribution in [0.1, 0.15) is 39.2 Å². The van der Waals surface area contributed by atoms with Crippen molar-refractivity contribution in [3.63, 3.8) is 0 Å². The Morgan fingerprint density at radius 3 is 2.55 bits per heavy atom. The number of amides is 2. The number of hydrogen-bond acceptors (Lipinski definition) is 3. The van der Waals surface area contributed by atoms with E-state index < -0.39 is 5.60 Å². The predicted octanol–water partition coefficient (Wildman–Crippen LogP) is 3.96. The number of halogens is 1. The molecule has 3 rings (SSSR count). The summed E-state index contributed by atoms with van der Waals surface area (Å²) < 4.78 is 19.6. The molecule has 2 aromatic rings. The molecule has 0 unspecified atom stereocenters. The quantitative estimate of drug-likeness (QED) is 0.729. The Bertz CT molecular complexity index is 913. The van der Waals surface area contributed by atoms with Crippen LogP contribution in [0.3, 0.4) is 0 Å². The van der Waals surface area contributed by atoms with Crippen molar-refractivity contribution in [2.24, 2.45) is 0 Å². The van der Waals surface area contributed by atoms with E-state index in [9.17, 15) is 14.0 Å². The van der Waals surface area contributed by atoms with E-state index in [-0.39, 0.29) is 30.2 Å². The normalized spacial score (nSPS) is 18.8. The molecule has 0 radical (unpaired) electrons. The van der Waals surface area contributed by atoms with E-state index in [1.165, 1.54) is 12.1 Å². The summed E-state index contributed by atoms with van der Waals surface area (Å²) in [6.45, 7) is 6.77. The summed E-state index contributed by atoms with van der Waals surface area (Å²) in [7, 11) is 0. The van der Waals surface area contributed by atoms with Crippen LogP contribution in [0.15, 0.2) is 48.5 Å². The topological polar surface area (TPSA) is 58.6 Å². The Morgan fingerprint density at radius 2 is 1.87 bits per heavy atom. The Kier molecular flexibility index (Phi) is 7.44. The van der Waals surface area contributed by atoms with Gasteiger partial charge in [-0.25, -0.2) is 4.39 Å². The summed E-state index contributed by atoms with van der Waals surface area (Å²) >= 11 is 0. The van der Waals surface area contributed by atoms with Gasteiger partial charge in [-0.05, 0) is 49.1 Å². The van der Waals surface area contributed by atoms with Crippen LogP contribution in [0, 0.1) is 5.82 Å². The number of carbonyl (C=O) groups excluding carboxylic acids is 2. The summed E-state index contributed by atoms with van der Waals surface area (Å²) in [5.74, 6) is -0.473. The van der Waals surface area contributed by atoms with Gasteiger partial charge in [0.25, 0.3) is 5.91 Å². The van der Waals surface area contributed by atoms with E-state index in [0.29, 0.717) is 26.0 Å². The van der Waals surface area contributed by atoms with Crippen LogP contribution >= 0.6 is 0 Å². The molecular formula is C25H31FN2O3. The highest BCUT2D eigenvalue weighted by atomic mass is 19.1. The molecule has 0 aliphatic carbocycles. The number of morpholine rings is 1. The predicted molar refractivity (Wildman–Crippen MR) is 119 cm³/mol. The number of ether oxygens (including phenoxy) is 1. The van der Waals surface area contributed by atoms with Crippen LogP contribution in [-0.4, -0.2) is 48.1 Å². The summed E-state index contributed by atoms with van der Waals surface area (Å²) in [6.07, 6.45) is 1.53. The molecule has 0 spiro atoms. The van der Waals surface area contributed by atoms with Crippen molar-refractivity contribution in [3.05, 3.63) is 59.9 Å². The molecule has 1 fully saturated rings. The maximum atomic E-state index is 13.4. The van der Waals surface area contributed by atoms with Crippen molar-refractivity contribution in [2.75, 3.05) is 19.7 Å². The van der Waals surface area contributed by atoms with Crippen molar-refractivity contribution in [1.29, 1.82) is 0 Å². The molecule has 0 bridgehead atoms. The number of nitrogens with zero attached hydrogens (tertiary/aromatic N) is 1. The average Bonchev–Trinajstić information content (AvgIpc) is 2.75. The first-order valence-corrected chi connectivity index (χ1v) is 10.9. The average molecular weight is 427 g/mol. The van der Waals surface area contributed by atoms with E-state index >= 15 is 0 Å². The molecule has 0 saturated carbocycles. The van der Waals surface area contributed by atoms with Gasteiger partial charge in [0.1, 0.15) is 5.82 Å². The minimum Gasteiger partial charge on any atom is -0.361 e. The first-order valence-electron chi connectivity index (χ1n) is 10.9. The third-order valence-corrected chi connectivity index (χ3v) is 5.48. The Morgan fingerprint density at radius 1 is 1.16 bits per heavy atom. The lowest BCUT2D eigenvalue weighted by atomic mass is 9.87. The summed E-state index contributed by atoms with van der Waals surface area (Å²) in [4.78, 5) is 27.7. The highest BCUT2D eigenvalue weighted by Gasteiger charge is 2.45. The molecule has 1 aliphatic rings. The molecule has 5 nitrogen and oxygen atoms in total. The molecule has 1 aliphatic heterocycles. The molecule has 2 aromatic carbocycles. The fourth-order valence-corrected chi connectivity index (χ4v) is 3.98. The molecule has 1 heterocycles. The SMILES string of the molecule is CCCC(=O)N1CCO[C@](Cc2ccccc2-c2ccc(F)cc2)(C(=O)NC(C)C)C1. The van der Waals surface area contributed by atoms with Crippen molar-refractivity contribution < 1.29 is 18.7 Å². The second kappa shape index (κ2) is 10.1. The van der Waals surface area contributed by atoms with Crippen molar-refractivity contribution >= 4 is 11.8 Å². The molecule has 31 heavy (non-hydrogen) atoms. The number of carbonyl (C=O) groups is 2. The zero-order chi connectivity index (χ0) is 22.4. The molecular weight excluding hydrogens is 395 g/mol. The Labute approximate surface area is 183 Å². The number of nitrogens with one attached hydrogen (secondary N) is 1. The maximum absolute atomic E-state index is 13.4. The Balaban J connectivity index is 1.97. The van der Waals surface area contributed by atoms with Crippen molar-refractivity contribution in [3.8, 4) is 11.1 Å². The van der Waals surface area contributed by atoms with E-state index in [0.717, 1.165) is 23.1 Å². The van der Waals surface area contributed by atoms with Gasteiger partial charge in [-0.3, -0.25) is 9.59 Å². The van der Waals surface area contributed by atoms with Crippen LogP contribution < -0.4 is 5.32 Å². The minimum absolute atomic E-state index is 0.0411. The van der Waals surface area contributed by atoms with Gasteiger partial charge in [0, 0.05) is 25.4 Å². The molecule has 6 heteroatoms. The van der Waals surface area contributed by atoms with Gasteiger partial charge in [0.2, 0.25) is 5.91 Å². The second-order valence-corrected chi connectivity index (χ2v) is 8.38. The molecule has 1 atom stereocenters. The molecule has 1 N–H and O–H groups in total. The standard InChI is InChI=1S/C25H31FN2O3/c1-4-7-23(29)28-14-15-31-25(17-28,24(30)27-18(2)3)16-20-8-5-6-9-22(20)19-10-12-21(26)13-11-19/h5-6,8-13,18H,4,7,14-17H2,1-3H3,(H,27,30)/t25-/m0/s1. The van der Waals surface area contributed by atoms with Crippen LogP contribution in [0.5, 0.6) is 0 Å². The fraction of sp³-hybridized carbons (Fsp3) is 0.440. The molecule has 166 valence electrons. The minimum atomic E-state index is -1.18. The second-order valence-electron chi connectivity index (χ2n) is 8.38. The highest BCUT2D eigenvalue weighted by Crippen LogP contribution is 2.31. The van der Waals surface area contributed by atoms with Crippen LogP contribution in [-0.2, 0) is 20.7 Å². The van der Waals surface area contributed by atoms with Crippen LogP contribution in [0.4, 0.5) is 4.39 Å². The number of hydrogen-bond donors (Lipinski definition) is 1. The summed E-state index contributed by atoms with van der Waals surface area (Å²) in [5.41, 5.74) is 1.52. The van der Waals surface area contributed by atoms with Gasteiger partial charge in [-0.15, -0.1) is 0 Å². The summed E-state index contributed by atoms with van der Waals surface area (Å²) in [6, 6.07) is 14.0. The lowest BCUT2D eigenvalue weighted by Gasteiger charge is -2.42. The smallest absolute Gasteiger partial charge is 0.254 e.